The Morgan fingerprint density at radius 2 is 0.649 bits per heavy atom. The fraction of sp³-hybridized carbons (Fsp3) is 0.529. The van der Waals surface area contributed by atoms with Crippen molar-refractivity contribution in [2.24, 2.45) is 0 Å². The van der Waals surface area contributed by atoms with Gasteiger partial charge in [0, 0.05) is 11.1 Å². The first-order chi connectivity index (χ1) is 32.4. The maximum Gasteiger partial charge on any atom is 0.460 e. The molecule has 2 aromatic carbocycles. The molecule has 0 unspecified atom stereocenters. The zero-order valence-electron chi connectivity index (χ0n) is 33.5. The second-order valence-electron chi connectivity index (χ2n) is 15.1. The van der Waals surface area contributed by atoms with Crippen LogP contribution in [0.4, 0.5) is 149 Å². The van der Waals surface area contributed by atoms with Crippen molar-refractivity contribution in [1.29, 1.82) is 0 Å². The highest BCUT2D eigenvalue weighted by Crippen LogP contribution is 2.68. The minimum Gasteiger partial charge on any atom is -0.269 e. The molecule has 0 atom stereocenters. The first kappa shape index (κ1) is 60.9. The first-order valence-electron chi connectivity index (χ1n) is 17.9. The predicted molar refractivity (Wildman–Crippen MR) is 165 cm³/mol. The van der Waals surface area contributed by atoms with Crippen molar-refractivity contribution >= 4 is 11.8 Å². The summed E-state index contributed by atoms with van der Waals surface area (Å²) in [5.41, 5.74) is -12.0. The van der Waals surface area contributed by atoms with Gasteiger partial charge < -0.3 is 0 Å². The minimum atomic E-state index is -9.47. The Labute approximate surface area is 381 Å². The molecule has 0 saturated carbocycles. The van der Waals surface area contributed by atoms with Crippen LogP contribution in [-0.2, 0) is 24.9 Å². The molecule has 0 bridgehead atoms. The number of nitrogens with zero attached hydrogens (tertiary/aromatic N) is 4. The van der Waals surface area contributed by atoms with Crippen LogP contribution in [0, 0.1) is 0 Å². The van der Waals surface area contributed by atoms with Crippen molar-refractivity contribution < 1.29 is 159 Å². The van der Waals surface area contributed by atoms with Crippen molar-refractivity contribution in [3.63, 3.8) is 0 Å². The third kappa shape index (κ3) is 7.98. The number of carbonyl (C=O) groups excluding carboxylic acids is 2. The highest BCUT2D eigenvalue weighted by Gasteiger charge is 2.97. The van der Waals surface area contributed by atoms with E-state index >= 15 is 35.1 Å². The molecule has 1 aliphatic heterocycles. The number of amides is 2. The van der Waals surface area contributed by atoms with Crippen molar-refractivity contribution in [3.05, 3.63) is 82.2 Å². The molecule has 0 saturated heterocycles. The molecule has 1 aliphatic rings. The van der Waals surface area contributed by atoms with E-state index < -0.39 is 161 Å². The summed E-state index contributed by atoms with van der Waals surface area (Å²) < 4.78 is 478. The van der Waals surface area contributed by atoms with Crippen LogP contribution >= 0.6 is 0 Å². The molecule has 0 aliphatic carbocycles. The number of hydrogen-bond donors (Lipinski definition) is 0. The third-order valence-electron chi connectivity index (χ3n) is 10.3. The van der Waals surface area contributed by atoms with Gasteiger partial charge in [0.2, 0.25) is 0 Å². The zero-order chi connectivity index (χ0) is 58.3. The fourth-order valence-corrected chi connectivity index (χ4v) is 6.06. The summed E-state index contributed by atoms with van der Waals surface area (Å²) in [5.74, 6) is -129. The van der Waals surface area contributed by atoms with E-state index in [2.05, 4.69) is 10.3 Å². The fourth-order valence-electron chi connectivity index (χ4n) is 6.06. The number of rotatable bonds is 18. The maximum absolute atomic E-state index is 15.5. The summed E-state index contributed by atoms with van der Waals surface area (Å²) in [6.07, 6.45) is -16.3. The molecule has 1 aromatic heterocycles. The highest BCUT2D eigenvalue weighted by atomic mass is 19.4. The summed E-state index contributed by atoms with van der Waals surface area (Å²) in [4.78, 5) is 25.6. The van der Waals surface area contributed by atoms with Crippen molar-refractivity contribution in [1.82, 2.24) is 19.9 Å². The van der Waals surface area contributed by atoms with E-state index in [4.69, 9.17) is 0 Å². The van der Waals surface area contributed by atoms with E-state index in [0.717, 1.165) is 12.1 Å². The SMILES string of the molecule is O=C1c2ccccc2C(=O)N1Cc1cn(Cc2cc(C(F)(F)C(F)(F)C(F)(F)C(F)(F)C(F)(F)C(F)(F)C(F)(F)C(F)(F)F)cc(C(F)(F)C(F)(F)C(F)(F)C(F)(F)C(F)(F)C(F)(F)C(F)(F)C(F)(F)F)c2)nn1. The Balaban J connectivity index is 1.98. The monoisotopic (exact) mass is 1150 g/mol. The van der Waals surface area contributed by atoms with Gasteiger partial charge in [-0.2, -0.15) is 149 Å². The van der Waals surface area contributed by atoms with Crippen LogP contribution < -0.4 is 0 Å². The molecule has 418 valence electrons. The zero-order valence-corrected chi connectivity index (χ0v) is 33.5. The van der Waals surface area contributed by atoms with Crippen LogP contribution in [0.2, 0.25) is 0 Å². The Morgan fingerprint density at radius 3 is 0.946 bits per heavy atom. The van der Waals surface area contributed by atoms with Gasteiger partial charge in [0.15, 0.2) is 0 Å². The second kappa shape index (κ2) is 16.9. The number of alkyl halides is 34. The molecule has 0 N–H and O–H groups in total. The summed E-state index contributed by atoms with van der Waals surface area (Å²) in [6, 6.07) is -0.407. The molecular formula is C34H12F34N4O2. The van der Waals surface area contributed by atoms with E-state index in [1.807, 2.05) is 0 Å². The van der Waals surface area contributed by atoms with Crippen LogP contribution in [0.1, 0.15) is 43.1 Å². The average Bonchev–Trinajstić information content (AvgIpc) is 3.78. The summed E-state index contributed by atoms with van der Waals surface area (Å²) >= 11 is 0. The molecule has 40 heteroatoms. The Kier molecular flexibility index (Phi) is 13.9. The number of halogens is 34. The number of fused-ring (bicyclic) bond motifs is 1. The lowest BCUT2D eigenvalue weighted by Gasteiger charge is -2.43. The Bertz CT molecular complexity index is 2490. The van der Waals surface area contributed by atoms with Crippen LogP contribution in [0.5, 0.6) is 0 Å². The topological polar surface area (TPSA) is 68.1 Å². The lowest BCUT2D eigenvalue weighted by molar-refractivity contribution is -0.463. The Morgan fingerprint density at radius 1 is 0.365 bits per heavy atom. The molecule has 2 heterocycles. The molecule has 4 rings (SSSR count). The standard InChI is InChI=1S/C34H12F34N4O2/c35-19(36,21(39,40)23(43,44)25(47,48)27(51,52)29(55,56)31(59,60)33(63,64)65)12-5-11(8-71-9-14(69-70-71)10-72-17(73)15-3-1-2-4-16(15)18(72)74)6-13(7-12)20(37,38)22(41,42)24(45,46)26(49,50)28(53,54)30(57,58)32(61,62)34(66,67)68/h1-7,9H,8,10H2. The molecule has 0 spiro atoms. The van der Waals surface area contributed by atoms with Gasteiger partial charge in [-0.3, -0.25) is 14.5 Å². The lowest BCUT2D eigenvalue weighted by Crippen LogP contribution is -2.74. The smallest absolute Gasteiger partial charge is 0.269 e. The van der Waals surface area contributed by atoms with Crippen LogP contribution in [0.25, 0.3) is 0 Å². The number of carbonyl (C=O) groups is 2. The van der Waals surface area contributed by atoms with E-state index in [-0.39, 0.29) is 26.9 Å². The normalized spacial score (nSPS) is 16.4. The van der Waals surface area contributed by atoms with Crippen LogP contribution in [-0.4, -0.2) is 115 Å². The molecule has 2 amide bonds. The van der Waals surface area contributed by atoms with Gasteiger partial charge in [0.1, 0.15) is 5.69 Å². The van der Waals surface area contributed by atoms with Gasteiger partial charge >= 0.3 is 95.3 Å². The number of benzene rings is 2. The van der Waals surface area contributed by atoms with E-state index in [0.29, 0.717) is 0 Å². The predicted octanol–water partition coefficient (Wildman–Crippen LogP) is 13.1. The second-order valence-corrected chi connectivity index (χ2v) is 15.1. The van der Waals surface area contributed by atoms with Gasteiger partial charge in [-0.05, 0) is 35.9 Å². The molecule has 0 fully saturated rings. The molecule has 74 heavy (non-hydrogen) atoms. The Hall–Kier alpha value is -5.66. The van der Waals surface area contributed by atoms with Crippen LogP contribution in [0.3, 0.4) is 0 Å². The van der Waals surface area contributed by atoms with Gasteiger partial charge in [0.25, 0.3) is 11.8 Å². The molecule has 0 radical (unpaired) electrons. The first-order valence-corrected chi connectivity index (χ1v) is 17.9. The molecule has 6 nitrogen and oxygen atoms in total. The van der Waals surface area contributed by atoms with E-state index in [1.54, 1.807) is 0 Å². The van der Waals surface area contributed by atoms with Gasteiger partial charge in [-0.15, -0.1) is 5.10 Å². The number of aromatic nitrogens is 3. The van der Waals surface area contributed by atoms with Gasteiger partial charge in [-0.25, -0.2) is 4.68 Å². The van der Waals surface area contributed by atoms with Crippen molar-refractivity contribution in [2.45, 2.75) is 108 Å². The summed E-state index contributed by atoms with van der Waals surface area (Å²) in [7, 11) is 0. The van der Waals surface area contributed by atoms with E-state index in [9.17, 15) is 124 Å². The van der Waals surface area contributed by atoms with E-state index in [1.165, 1.54) is 12.1 Å². The molecular weight excluding hydrogens is 1140 g/mol. The number of imide groups is 1. The number of hydrogen-bond acceptors (Lipinski definition) is 4. The average molecular weight is 1150 g/mol. The molecule has 3 aromatic rings. The van der Waals surface area contributed by atoms with Crippen molar-refractivity contribution in [2.75, 3.05) is 0 Å². The lowest BCUT2D eigenvalue weighted by atomic mass is 9.84. The minimum absolute atomic E-state index is 0.205. The van der Waals surface area contributed by atoms with Crippen LogP contribution in [0.15, 0.2) is 48.7 Å². The van der Waals surface area contributed by atoms with Gasteiger partial charge in [-0.1, -0.05) is 17.3 Å². The highest BCUT2D eigenvalue weighted by molar-refractivity contribution is 6.21. The largest absolute Gasteiger partial charge is 0.460 e. The maximum atomic E-state index is 15.5. The van der Waals surface area contributed by atoms with Gasteiger partial charge in [0.05, 0.1) is 30.4 Å². The quantitative estimate of drug-likeness (QED) is 0.0940. The van der Waals surface area contributed by atoms with Crippen molar-refractivity contribution in [3.8, 4) is 0 Å². The summed E-state index contributed by atoms with van der Waals surface area (Å²) in [5, 5.41) is 6.12. The third-order valence-corrected chi connectivity index (χ3v) is 10.3. The summed E-state index contributed by atoms with van der Waals surface area (Å²) in [6.45, 7) is -3.29.